The Labute approximate surface area is 93.4 Å². The van der Waals surface area contributed by atoms with Gasteiger partial charge in [0.25, 0.3) is 0 Å². The first-order valence-corrected chi connectivity index (χ1v) is 6.21. The Balaban J connectivity index is 1.98. The van der Waals surface area contributed by atoms with Crippen LogP contribution in [0.1, 0.15) is 36.4 Å². The molecular formula is C12H14BrN. The van der Waals surface area contributed by atoms with Crippen molar-refractivity contribution in [2.75, 3.05) is 5.33 Å². The lowest BCUT2D eigenvalue weighted by Gasteiger charge is -1.97. The topological polar surface area (TPSA) is 12.9 Å². The summed E-state index contributed by atoms with van der Waals surface area (Å²) in [6.07, 6.45) is 9.99. The largest absolute Gasteiger partial charge is 0.260 e. The van der Waals surface area contributed by atoms with Gasteiger partial charge in [0, 0.05) is 23.1 Å². The van der Waals surface area contributed by atoms with Gasteiger partial charge in [-0.2, -0.15) is 0 Å². The van der Waals surface area contributed by atoms with Crippen molar-refractivity contribution in [2.45, 2.75) is 25.2 Å². The average Bonchev–Trinajstić information content (AvgIpc) is 3.03. The second-order valence-electron chi connectivity index (χ2n) is 3.67. The van der Waals surface area contributed by atoms with Gasteiger partial charge in [-0.25, -0.2) is 0 Å². The van der Waals surface area contributed by atoms with Gasteiger partial charge in [-0.05, 0) is 30.9 Å². The number of allylic oxidation sites excluding steroid dienone is 1. The average molecular weight is 252 g/mol. The Morgan fingerprint density at radius 2 is 2.29 bits per heavy atom. The second kappa shape index (κ2) is 4.74. The van der Waals surface area contributed by atoms with Gasteiger partial charge in [-0.15, -0.1) is 0 Å². The fourth-order valence-electron chi connectivity index (χ4n) is 1.42. The highest BCUT2D eigenvalue weighted by Crippen LogP contribution is 2.38. The third kappa shape index (κ3) is 2.68. The molecular weight excluding hydrogens is 238 g/mol. The minimum absolute atomic E-state index is 0.760. The van der Waals surface area contributed by atoms with Crippen molar-refractivity contribution in [1.82, 2.24) is 4.98 Å². The molecule has 2 heteroatoms. The van der Waals surface area contributed by atoms with Crippen LogP contribution in [-0.4, -0.2) is 10.3 Å². The zero-order valence-electron chi connectivity index (χ0n) is 8.12. The molecule has 1 aromatic heterocycles. The molecule has 0 radical (unpaired) electrons. The molecule has 0 aromatic carbocycles. The normalized spacial score (nSPS) is 16.4. The zero-order valence-corrected chi connectivity index (χ0v) is 9.70. The van der Waals surface area contributed by atoms with Gasteiger partial charge < -0.3 is 0 Å². The monoisotopic (exact) mass is 251 g/mol. The fraction of sp³-hybridized carbons (Fsp3) is 0.417. The molecule has 1 aliphatic carbocycles. The van der Waals surface area contributed by atoms with E-state index in [4.69, 9.17) is 0 Å². The van der Waals surface area contributed by atoms with E-state index >= 15 is 0 Å². The number of halogens is 1. The molecule has 0 unspecified atom stereocenters. The first-order chi connectivity index (χ1) is 6.90. The van der Waals surface area contributed by atoms with E-state index in [1.807, 2.05) is 6.20 Å². The van der Waals surface area contributed by atoms with Crippen LogP contribution in [0.4, 0.5) is 0 Å². The van der Waals surface area contributed by atoms with Crippen molar-refractivity contribution in [1.29, 1.82) is 0 Å². The second-order valence-corrected chi connectivity index (χ2v) is 4.46. The van der Waals surface area contributed by atoms with Crippen molar-refractivity contribution in [3.8, 4) is 0 Å². The van der Waals surface area contributed by atoms with Crippen molar-refractivity contribution in [3.05, 3.63) is 35.7 Å². The maximum Gasteiger partial charge on any atom is 0.0434 e. The van der Waals surface area contributed by atoms with Gasteiger partial charge in [0.1, 0.15) is 0 Å². The van der Waals surface area contributed by atoms with Gasteiger partial charge in [-0.1, -0.05) is 34.1 Å². The van der Waals surface area contributed by atoms with Crippen molar-refractivity contribution in [3.63, 3.8) is 0 Å². The standard InChI is InChI=1S/C12H14BrN/c13-8-2-1-3-10-4-7-12(14-9-10)11-5-6-11/h1,3-4,7,9,11H,2,5-6,8H2/b3-1+. The smallest absolute Gasteiger partial charge is 0.0434 e. The summed E-state index contributed by atoms with van der Waals surface area (Å²) >= 11 is 3.39. The zero-order chi connectivity index (χ0) is 9.80. The van der Waals surface area contributed by atoms with Crippen LogP contribution in [0, 0.1) is 0 Å². The Bertz CT molecular complexity index is 312. The molecule has 0 amide bonds. The fourth-order valence-corrected chi connectivity index (χ4v) is 1.68. The highest BCUT2D eigenvalue weighted by molar-refractivity contribution is 9.09. The Hall–Kier alpha value is -0.630. The van der Waals surface area contributed by atoms with Crippen molar-refractivity contribution in [2.24, 2.45) is 0 Å². The SMILES string of the molecule is BrCC/C=C/c1ccc(C2CC2)nc1. The Kier molecular flexibility index (Phi) is 3.35. The summed E-state index contributed by atoms with van der Waals surface area (Å²) in [7, 11) is 0. The van der Waals surface area contributed by atoms with E-state index in [0.29, 0.717) is 0 Å². The van der Waals surface area contributed by atoms with E-state index in [2.05, 4.69) is 45.2 Å². The van der Waals surface area contributed by atoms with Crippen LogP contribution in [0.25, 0.3) is 6.08 Å². The van der Waals surface area contributed by atoms with E-state index in [9.17, 15) is 0 Å². The van der Waals surface area contributed by atoms with Crippen molar-refractivity contribution >= 4 is 22.0 Å². The number of nitrogens with zero attached hydrogens (tertiary/aromatic N) is 1. The molecule has 14 heavy (non-hydrogen) atoms. The molecule has 0 saturated heterocycles. The minimum Gasteiger partial charge on any atom is -0.260 e. The maximum atomic E-state index is 4.46. The third-order valence-corrected chi connectivity index (χ3v) is 2.85. The first kappa shape index (κ1) is 9.91. The van der Waals surface area contributed by atoms with Gasteiger partial charge in [0.15, 0.2) is 0 Å². The highest BCUT2D eigenvalue weighted by Gasteiger charge is 2.24. The molecule has 1 heterocycles. The minimum atomic E-state index is 0.760. The molecule has 1 nitrogen and oxygen atoms in total. The van der Waals surface area contributed by atoms with Crippen LogP contribution in [0.15, 0.2) is 24.4 Å². The maximum absolute atomic E-state index is 4.46. The van der Waals surface area contributed by atoms with E-state index in [-0.39, 0.29) is 0 Å². The number of rotatable bonds is 4. The van der Waals surface area contributed by atoms with Crippen LogP contribution in [0.3, 0.4) is 0 Å². The quantitative estimate of drug-likeness (QED) is 0.743. The molecule has 0 N–H and O–H groups in total. The number of hydrogen-bond donors (Lipinski definition) is 0. The van der Waals surface area contributed by atoms with E-state index in [1.165, 1.54) is 24.1 Å². The number of hydrogen-bond acceptors (Lipinski definition) is 1. The molecule has 2 rings (SSSR count). The van der Waals surface area contributed by atoms with Crippen LogP contribution in [0.5, 0.6) is 0 Å². The van der Waals surface area contributed by atoms with E-state index in [0.717, 1.165) is 17.7 Å². The summed E-state index contributed by atoms with van der Waals surface area (Å²) in [5, 5.41) is 1.02. The molecule has 1 aliphatic rings. The predicted molar refractivity (Wildman–Crippen MR) is 63.7 cm³/mol. The highest BCUT2D eigenvalue weighted by atomic mass is 79.9. The van der Waals surface area contributed by atoms with Crippen LogP contribution in [0.2, 0.25) is 0 Å². The summed E-state index contributed by atoms with van der Waals surface area (Å²) in [5.74, 6) is 0.760. The summed E-state index contributed by atoms with van der Waals surface area (Å²) in [5.41, 5.74) is 2.47. The molecule has 0 spiro atoms. The summed E-state index contributed by atoms with van der Waals surface area (Å²) in [4.78, 5) is 4.46. The number of pyridine rings is 1. The first-order valence-electron chi connectivity index (χ1n) is 5.08. The van der Waals surface area contributed by atoms with Gasteiger partial charge in [0.05, 0.1) is 0 Å². The number of aromatic nitrogens is 1. The van der Waals surface area contributed by atoms with Crippen LogP contribution in [-0.2, 0) is 0 Å². The third-order valence-electron chi connectivity index (χ3n) is 2.39. The summed E-state index contributed by atoms with van der Waals surface area (Å²) in [6, 6.07) is 4.32. The molecule has 1 saturated carbocycles. The molecule has 0 atom stereocenters. The predicted octanol–water partition coefficient (Wildman–Crippen LogP) is 3.76. The lowest BCUT2D eigenvalue weighted by atomic mass is 10.2. The van der Waals surface area contributed by atoms with E-state index in [1.54, 1.807) is 0 Å². The van der Waals surface area contributed by atoms with E-state index < -0.39 is 0 Å². The lowest BCUT2D eigenvalue weighted by Crippen LogP contribution is -1.85. The van der Waals surface area contributed by atoms with Gasteiger partial charge >= 0.3 is 0 Å². The van der Waals surface area contributed by atoms with Crippen LogP contribution < -0.4 is 0 Å². The van der Waals surface area contributed by atoms with Crippen molar-refractivity contribution < 1.29 is 0 Å². The molecule has 0 bridgehead atoms. The Morgan fingerprint density at radius 1 is 1.43 bits per heavy atom. The number of alkyl halides is 1. The summed E-state index contributed by atoms with van der Waals surface area (Å²) in [6.45, 7) is 0. The lowest BCUT2D eigenvalue weighted by molar-refractivity contribution is 1.02. The van der Waals surface area contributed by atoms with Gasteiger partial charge in [0.2, 0.25) is 0 Å². The molecule has 1 fully saturated rings. The van der Waals surface area contributed by atoms with Gasteiger partial charge in [-0.3, -0.25) is 4.98 Å². The molecule has 0 aliphatic heterocycles. The molecule has 1 aromatic rings. The molecule has 74 valence electrons. The Morgan fingerprint density at radius 3 is 2.86 bits per heavy atom. The summed E-state index contributed by atoms with van der Waals surface area (Å²) < 4.78 is 0. The van der Waals surface area contributed by atoms with Crippen LogP contribution >= 0.6 is 15.9 Å².